The Labute approximate surface area is 153 Å². The molecule has 0 spiro atoms. The van der Waals surface area contributed by atoms with Crippen molar-refractivity contribution in [2.24, 2.45) is 0 Å². The molecule has 0 aliphatic carbocycles. The van der Waals surface area contributed by atoms with Gasteiger partial charge in [0.2, 0.25) is 0 Å². The van der Waals surface area contributed by atoms with E-state index in [9.17, 15) is 0 Å². The number of ether oxygens (including phenoxy) is 1. The first kappa shape index (κ1) is 16.9. The largest absolute Gasteiger partial charge is 0.370 e. The Hall–Kier alpha value is -2.51. The van der Waals surface area contributed by atoms with Gasteiger partial charge in [0.15, 0.2) is 5.65 Å². The SMILES string of the molecule is Cc1c(C)n(-c2ccncc2)c2ncnc(NCC[NH+]3CCOCC3)c12. The highest BCUT2D eigenvalue weighted by Gasteiger charge is 2.18. The van der Waals surface area contributed by atoms with Crippen LogP contribution in [0.25, 0.3) is 16.7 Å². The normalized spacial score (nSPS) is 15.5. The van der Waals surface area contributed by atoms with Crippen molar-refractivity contribution in [1.82, 2.24) is 19.5 Å². The Morgan fingerprint density at radius 1 is 1.15 bits per heavy atom. The maximum atomic E-state index is 5.43. The first-order valence-corrected chi connectivity index (χ1v) is 9.14. The lowest BCUT2D eigenvalue weighted by atomic mass is 10.2. The molecule has 136 valence electrons. The third kappa shape index (κ3) is 3.15. The van der Waals surface area contributed by atoms with Crippen LogP contribution in [0, 0.1) is 13.8 Å². The number of aryl methyl sites for hydroxylation is 1. The summed E-state index contributed by atoms with van der Waals surface area (Å²) in [5.41, 5.74) is 4.38. The summed E-state index contributed by atoms with van der Waals surface area (Å²) in [6.45, 7) is 10.1. The number of hydrogen-bond acceptors (Lipinski definition) is 5. The lowest BCUT2D eigenvalue weighted by molar-refractivity contribution is -0.906. The summed E-state index contributed by atoms with van der Waals surface area (Å²) in [7, 11) is 0. The smallest absolute Gasteiger partial charge is 0.150 e. The van der Waals surface area contributed by atoms with Gasteiger partial charge < -0.3 is 15.0 Å². The third-order valence-corrected chi connectivity index (χ3v) is 5.18. The number of rotatable bonds is 5. The van der Waals surface area contributed by atoms with Crippen molar-refractivity contribution in [1.29, 1.82) is 0 Å². The van der Waals surface area contributed by atoms with E-state index in [-0.39, 0.29) is 0 Å². The standard InChI is InChI=1S/C19H24N6O/c1-14-15(2)25(16-3-5-20-6-4-16)19-17(14)18(22-13-23-19)21-7-8-24-9-11-26-12-10-24/h3-6,13H,7-12H2,1-2H3,(H,21,22,23)/p+1. The fraction of sp³-hybridized carbons (Fsp3) is 0.421. The Bertz CT molecular complexity index is 886. The van der Waals surface area contributed by atoms with Crippen molar-refractivity contribution in [2.75, 3.05) is 44.7 Å². The first-order chi connectivity index (χ1) is 12.8. The minimum atomic E-state index is 0.861. The minimum absolute atomic E-state index is 0.861. The molecule has 1 fully saturated rings. The van der Waals surface area contributed by atoms with Crippen molar-refractivity contribution >= 4 is 16.9 Å². The van der Waals surface area contributed by atoms with E-state index < -0.39 is 0 Å². The molecule has 0 unspecified atom stereocenters. The quantitative estimate of drug-likeness (QED) is 0.709. The highest BCUT2D eigenvalue weighted by Crippen LogP contribution is 2.30. The van der Waals surface area contributed by atoms with Crippen LogP contribution in [0.5, 0.6) is 0 Å². The second-order valence-corrected chi connectivity index (χ2v) is 6.71. The van der Waals surface area contributed by atoms with Crippen LogP contribution in [-0.4, -0.2) is 58.9 Å². The molecule has 0 atom stereocenters. The molecule has 0 aromatic carbocycles. The zero-order valence-electron chi connectivity index (χ0n) is 15.3. The number of pyridine rings is 1. The summed E-state index contributed by atoms with van der Waals surface area (Å²) in [5, 5.41) is 4.63. The number of morpholine rings is 1. The van der Waals surface area contributed by atoms with Gasteiger partial charge in [-0.15, -0.1) is 0 Å². The van der Waals surface area contributed by atoms with Crippen LogP contribution in [-0.2, 0) is 4.74 Å². The monoisotopic (exact) mass is 353 g/mol. The molecule has 0 saturated carbocycles. The lowest BCUT2D eigenvalue weighted by Crippen LogP contribution is -3.14. The van der Waals surface area contributed by atoms with Gasteiger partial charge >= 0.3 is 0 Å². The molecule has 1 aliphatic rings. The molecule has 0 bridgehead atoms. The van der Waals surface area contributed by atoms with E-state index in [1.54, 1.807) is 23.6 Å². The maximum absolute atomic E-state index is 5.43. The molecule has 7 nitrogen and oxygen atoms in total. The van der Waals surface area contributed by atoms with Crippen LogP contribution < -0.4 is 10.2 Å². The molecule has 4 rings (SSSR count). The van der Waals surface area contributed by atoms with Crippen molar-refractivity contribution in [3.8, 4) is 5.69 Å². The van der Waals surface area contributed by atoms with Crippen molar-refractivity contribution in [3.05, 3.63) is 42.1 Å². The molecular weight excluding hydrogens is 328 g/mol. The second kappa shape index (κ2) is 7.39. The number of hydrogen-bond donors (Lipinski definition) is 2. The molecule has 1 saturated heterocycles. The number of aromatic nitrogens is 4. The Morgan fingerprint density at radius 2 is 1.92 bits per heavy atom. The van der Waals surface area contributed by atoms with Crippen LogP contribution in [0.1, 0.15) is 11.3 Å². The number of nitrogens with one attached hydrogen (secondary N) is 2. The second-order valence-electron chi connectivity index (χ2n) is 6.71. The van der Waals surface area contributed by atoms with E-state index >= 15 is 0 Å². The van der Waals surface area contributed by atoms with Gasteiger partial charge in [0, 0.05) is 18.1 Å². The van der Waals surface area contributed by atoms with E-state index in [2.05, 4.69) is 38.7 Å². The lowest BCUT2D eigenvalue weighted by Gasteiger charge is -2.23. The summed E-state index contributed by atoms with van der Waals surface area (Å²) in [5.74, 6) is 0.913. The van der Waals surface area contributed by atoms with Crippen LogP contribution in [0.4, 0.5) is 5.82 Å². The summed E-state index contributed by atoms with van der Waals surface area (Å²) in [6.07, 6.45) is 5.26. The van der Waals surface area contributed by atoms with Gasteiger partial charge in [-0.2, -0.15) is 0 Å². The summed E-state index contributed by atoms with van der Waals surface area (Å²) < 4.78 is 7.60. The summed E-state index contributed by atoms with van der Waals surface area (Å²) in [4.78, 5) is 14.8. The van der Waals surface area contributed by atoms with Crippen LogP contribution in [0.3, 0.4) is 0 Å². The summed E-state index contributed by atoms with van der Waals surface area (Å²) >= 11 is 0. The van der Waals surface area contributed by atoms with Gasteiger partial charge in [-0.3, -0.25) is 9.55 Å². The van der Waals surface area contributed by atoms with E-state index in [0.717, 1.165) is 61.9 Å². The van der Waals surface area contributed by atoms with Crippen LogP contribution in [0.15, 0.2) is 30.9 Å². The zero-order chi connectivity index (χ0) is 17.9. The van der Waals surface area contributed by atoms with Gasteiger partial charge in [0.1, 0.15) is 25.2 Å². The van der Waals surface area contributed by atoms with E-state index in [4.69, 9.17) is 4.74 Å². The zero-order valence-corrected chi connectivity index (χ0v) is 15.3. The average molecular weight is 353 g/mol. The Kier molecular flexibility index (Phi) is 4.81. The topological polar surface area (TPSA) is 69.3 Å². The van der Waals surface area contributed by atoms with Crippen molar-refractivity contribution in [2.45, 2.75) is 13.8 Å². The van der Waals surface area contributed by atoms with Gasteiger partial charge in [-0.25, -0.2) is 9.97 Å². The number of quaternary nitrogens is 1. The Morgan fingerprint density at radius 3 is 2.69 bits per heavy atom. The molecule has 0 radical (unpaired) electrons. The molecule has 26 heavy (non-hydrogen) atoms. The van der Waals surface area contributed by atoms with Gasteiger partial charge in [-0.05, 0) is 31.5 Å². The molecule has 0 amide bonds. The predicted molar refractivity (Wildman–Crippen MR) is 101 cm³/mol. The van der Waals surface area contributed by atoms with Gasteiger partial charge in [0.05, 0.1) is 37.4 Å². The minimum Gasteiger partial charge on any atom is -0.370 e. The molecule has 3 aromatic rings. The molecule has 7 heteroatoms. The average Bonchev–Trinajstić information content (AvgIpc) is 2.95. The van der Waals surface area contributed by atoms with Crippen LogP contribution in [0.2, 0.25) is 0 Å². The van der Waals surface area contributed by atoms with Crippen LogP contribution >= 0.6 is 0 Å². The van der Waals surface area contributed by atoms with Gasteiger partial charge in [0.25, 0.3) is 0 Å². The molecular formula is C19H25N6O+. The van der Waals surface area contributed by atoms with E-state index in [0.29, 0.717) is 0 Å². The first-order valence-electron chi connectivity index (χ1n) is 9.14. The molecule has 2 N–H and O–H groups in total. The van der Waals surface area contributed by atoms with E-state index in [1.165, 1.54) is 11.3 Å². The van der Waals surface area contributed by atoms with E-state index in [1.807, 2.05) is 12.1 Å². The maximum Gasteiger partial charge on any atom is 0.150 e. The Balaban J connectivity index is 1.62. The van der Waals surface area contributed by atoms with Crippen molar-refractivity contribution < 1.29 is 9.64 Å². The highest BCUT2D eigenvalue weighted by molar-refractivity contribution is 5.93. The number of anilines is 1. The highest BCUT2D eigenvalue weighted by atomic mass is 16.5. The fourth-order valence-electron chi connectivity index (χ4n) is 3.61. The van der Waals surface area contributed by atoms with Gasteiger partial charge in [-0.1, -0.05) is 0 Å². The van der Waals surface area contributed by atoms with Crippen molar-refractivity contribution in [3.63, 3.8) is 0 Å². The molecule has 1 aliphatic heterocycles. The number of fused-ring (bicyclic) bond motifs is 1. The molecule has 3 aromatic heterocycles. The fourth-order valence-corrected chi connectivity index (χ4v) is 3.61. The molecule has 4 heterocycles. The summed E-state index contributed by atoms with van der Waals surface area (Å²) in [6, 6.07) is 4.01. The number of nitrogens with zero attached hydrogens (tertiary/aromatic N) is 4. The third-order valence-electron chi connectivity index (χ3n) is 5.18. The predicted octanol–water partition coefficient (Wildman–Crippen LogP) is 0.759.